The molecule has 3 rings (SSSR count). The summed E-state index contributed by atoms with van der Waals surface area (Å²) in [6, 6.07) is 6.37. The summed E-state index contributed by atoms with van der Waals surface area (Å²) in [5, 5.41) is 0.0495. The second-order valence-electron chi connectivity index (χ2n) is 5.07. The third kappa shape index (κ3) is 2.98. The molecule has 1 aliphatic carbocycles. The Kier molecular flexibility index (Phi) is 3.88. The minimum atomic E-state index is -3.73. The largest absolute Gasteiger partial charge is 0.263 e. The lowest BCUT2D eigenvalue weighted by atomic mass is 10.1. The minimum absolute atomic E-state index is 0.0495. The number of aliphatic imine (C=N–C) groups is 2. The second kappa shape index (κ2) is 5.70. The van der Waals surface area contributed by atoms with E-state index in [1.54, 1.807) is 24.3 Å². The van der Waals surface area contributed by atoms with Crippen molar-refractivity contribution in [3.05, 3.63) is 53.8 Å². The number of hydrogen-bond donors (Lipinski definition) is 1. The first-order chi connectivity index (χ1) is 10.5. The number of nitrogens with one attached hydrogen (secondary N) is 1. The fourth-order valence-corrected chi connectivity index (χ4v) is 3.45. The van der Waals surface area contributed by atoms with E-state index in [1.165, 1.54) is 0 Å². The standard InChI is InChI=1S/C15H14ClN3O2S/c1-10-6-8-11(9-7-10)22(20,21)19-15-14(16)17-12-4-2-3-5-13(12)18-15/h2-4,6-9,13H,5H2,1H3,(H,18,19). The molecule has 22 heavy (non-hydrogen) atoms. The van der Waals surface area contributed by atoms with Gasteiger partial charge >= 0.3 is 0 Å². The molecule has 5 nitrogen and oxygen atoms in total. The number of aryl methyl sites for hydroxylation is 1. The van der Waals surface area contributed by atoms with Crippen LogP contribution in [0.2, 0.25) is 0 Å². The number of benzene rings is 1. The molecule has 0 saturated heterocycles. The maximum absolute atomic E-state index is 12.4. The molecular weight excluding hydrogens is 322 g/mol. The van der Waals surface area contributed by atoms with Gasteiger partial charge in [0, 0.05) is 0 Å². The van der Waals surface area contributed by atoms with Gasteiger partial charge in [-0.25, -0.2) is 13.4 Å². The predicted molar refractivity (Wildman–Crippen MR) is 87.9 cm³/mol. The first-order valence-corrected chi connectivity index (χ1v) is 8.60. The number of fused-ring (bicyclic) bond motifs is 1. The number of allylic oxidation sites excluding steroid dienone is 2. The summed E-state index contributed by atoms with van der Waals surface area (Å²) in [5.41, 5.74) is 1.73. The predicted octanol–water partition coefficient (Wildman–Crippen LogP) is 2.54. The molecular formula is C15H14ClN3O2S. The zero-order valence-corrected chi connectivity index (χ0v) is 13.4. The molecule has 2 aliphatic rings. The van der Waals surface area contributed by atoms with Crippen molar-refractivity contribution in [2.24, 2.45) is 9.98 Å². The summed E-state index contributed by atoms with van der Waals surface area (Å²) in [4.78, 5) is 8.73. The fourth-order valence-electron chi connectivity index (χ4n) is 2.18. The molecule has 0 bridgehead atoms. The van der Waals surface area contributed by atoms with Gasteiger partial charge in [0.1, 0.15) is 0 Å². The fraction of sp³-hybridized carbons (Fsp3) is 0.200. The Bertz CT molecular complexity index is 821. The summed E-state index contributed by atoms with van der Waals surface area (Å²) >= 11 is 6.05. The average molecular weight is 336 g/mol. The van der Waals surface area contributed by atoms with Crippen LogP contribution in [0, 0.1) is 6.92 Å². The van der Waals surface area contributed by atoms with E-state index < -0.39 is 10.0 Å². The zero-order chi connectivity index (χ0) is 15.7. The lowest BCUT2D eigenvalue weighted by Gasteiger charge is -2.21. The van der Waals surface area contributed by atoms with Gasteiger partial charge in [-0.3, -0.25) is 9.71 Å². The zero-order valence-electron chi connectivity index (χ0n) is 11.8. The van der Waals surface area contributed by atoms with Crippen LogP contribution in [0.15, 0.2) is 63.1 Å². The smallest absolute Gasteiger partial charge is 0.261 e. The van der Waals surface area contributed by atoms with Crippen molar-refractivity contribution in [2.75, 3.05) is 0 Å². The van der Waals surface area contributed by atoms with Crippen LogP contribution < -0.4 is 4.72 Å². The maximum Gasteiger partial charge on any atom is 0.263 e. The summed E-state index contributed by atoms with van der Waals surface area (Å²) < 4.78 is 27.2. The Labute approximate surface area is 134 Å². The van der Waals surface area contributed by atoms with E-state index in [2.05, 4.69) is 14.7 Å². The maximum atomic E-state index is 12.4. The van der Waals surface area contributed by atoms with Gasteiger partial charge in [0.25, 0.3) is 10.0 Å². The molecule has 1 aromatic rings. The Morgan fingerprint density at radius 3 is 2.73 bits per heavy atom. The van der Waals surface area contributed by atoms with Crippen LogP contribution in [0.1, 0.15) is 12.0 Å². The SMILES string of the molecule is Cc1ccc(S(=O)(=O)NC2=NC3CC=CC=C3N=C2Cl)cc1. The molecule has 1 heterocycles. The van der Waals surface area contributed by atoms with E-state index in [9.17, 15) is 8.42 Å². The highest BCUT2D eigenvalue weighted by atomic mass is 35.5. The number of nitrogens with zero attached hydrogens (tertiary/aromatic N) is 2. The van der Waals surface area contributed by atoms with Gasteiger partial charge in [-0.05, 0) is 31.6 Å². The van der Waals surface area contributed by atoms with Crippen molar-refractivity contribution in [1.29, 1.82) is 0 Å². The monoisotopic (exact) mass is 335 g/mol. The molecule has 1 atom stereocenters. The van der Waals surface area contributed by atoms with E-state index in [1.807, 2.05) is 25.2 Å². The normalized spacial score (nSPS) is 20.6. The molecule has 114 valence electrons. The van der Waals surface area contributed by atoms with E-state index in [-0.39, 0.29) is 21.9 Å². The van der Waals surface area contributed by atoms with Crippen molar-refractivity contribution >= 4 is 32.6 Å². The summed E-state index contributed by atoms with van der Waals surface area (Å²) in [7, 11) is -3.73. The molecule has 1 aliphatic heterocycles. The lowest BCUT2D eigenvalue weighted by molar-refractivity contribution is 0.592. The summed E-state index contributed by atoms with van der Waals surface area (Å²) in [6.07, 6.45) is 6.34. The highest BCUT2D eigenvalue weighted by Gasteiger charge is 2.26. The number of amidine groups is 1. The molecule has 0 radical (unpaired) electrons. The molecule has 1 unspecified atom stereocenters. The van der Waals surface area contributed by atoms with Crippen LogP contribution in [-0.2, 0) is 10.0 Å². The van der Waals surface area contributed by atoms with Gasteiger partial charge < -0.3 is 0 Å². The van der Waals surface area contributed by atoms with Gasteiger partial charge in [0.05, 0.1) is 16.6 Å². The molecule has 7 heteroatoms. The van der Waals surface area contributed by atoms with Gasteiger partial charge in [-0.2, -0.15) is 0 Å². The first kappa shape index (κ1) is 15.0. The Hall–Kier alpha value is -1.92. The number of rotatable bonds is 2. The average Bonchev–Trinajstić information content (AvgIpc) is 2.48. The van der Waals surface area contributed by atoms with E-state index in [0.717, 1.165) is 11.3 Å². The molecule has 0 amide bonds. The second-order valence-corrected chi connectivity index (χ2v) is 7.11. The van der Waals surface area contributed by atoms with Gasteiger partial charge in [-0.15, -0.1) is 0 Å². The van der Waals surface area contributed by atoms with E-state index in [4.69, 9.17) is 11.6 Å². The Morgan fingerprint density at radius 1 is 1.27 bits per heavy atom. The van der Waals surface area contributed by atoms with Crippen molar-refractivity contribution < 1.29 is 8.42 Å². The van der Waals surface area contributed by atoms with Crippen molar-refractivity contribution in [1.82, 2.24) is 4.72 Å². The molecule has 1 N–H and O–H groups in total. The number of halogens is 1. The van der Waals surface area contributed by atoms with E-state index in [0.29, 0.717) is 6.42 Å². The van der Waals surface area contributed by atoms with Crippen LogP contribution in [0.3, 0.4) is 0 Å². The molecule has 0 aromatic heterocycles. The molecule has 0 saturated carbocycles. The topological polar surface area (TPSA) is 70.9 Å². The van der Waals surface area contributed by atoms with E-state index >= 15 is 0 Å². The first-order valence-electron chi connectivity index (χ1n) is 6.74. The summed E-state index contributed by atoms with van der Waals surface area (Å²) in [5.74, 6) is 0.0830. The van der Waals surface area contributed by atoms with Crippen molar-refractivity contribution in [2.45, 2.75) is 24.3 Å². The third-order valence-electron chi connectivity index (χ3n) is 3.37. The number of hydrogen-bond acceptors (Lipinski definition) is 4. The van der Waals surface area contributed by atoms with Crippen LogP contribution in [-0.4, -0.2) is 25.5 Å². The van der Waals surface area contributed by atoms with Crippen LogP contribution >= 0.6 is 11.6 Å². The molecule has 0 fully saturated rings. The molecule has 0 spiro atoms. The van der Waals surface area contributed by atoms with Crippen LogP contribution in [0.5, 0.6) is 0 Å². The van der Waals surface area contributed by atoms with Crippen LogP contribution in [0.4, 0.5) is 0 Å². The number of sulfonamides is 1. The van der Waals surface area contributed by atoms with Gasteiger partial charge in [-0.1, -0.05) is 41.4 Å². The van der Waals surface area contributed by atoms with Crippen molar-refractivity contribution in [3.8, 4) is 0 Å². The van der Waals surface area contributed by atoms with Crippen LogP contribution in [0.25, 0.3) is 0 Å². The quantitative estimate of drug-likeness (QED) is 0.902. The Morgan fingerprint density at radius 2 is 2.00 bits per heavy atom. The lowest BCUT2D eigenvalue weighted by Crippen LogP contribution is -2.38. The third-order valence-corrected chi connectivity index (χ3v) is 4.99. The Balaban J connectivity index is 1.88. The van der Waals surface area contributed by atoms with Gasteiger partial charge in [0.15, 0.2) is 11.0 Å². The highest BCUT2D eigenvalue weighted by Crippen LogP contribution is 2.23. The molecule has 1 aromatic carbocycles. The summed E-state index contributed by atoms with van der Waals surface area (Å²) in [6.45, 7) is 1.89. The minimum Gasteiger partial charge on any atom is -0.261 e. The van der Waals surface area contributed by atoms with Crippen molar-refractivity contribution in [3.63, 3.8) is 0 Å². The highest BCUT2D eigenvalue weighted by molar-refractivity contribution is 7.90. The van der Waals surface area contributed by atoms with Gasteiger partial charge in [0.2, 0.25) is 0 Å².